The van der Waals surface area contributed by atoms with Crippen LogP contribution in [0.15, 0.2) is 24.3 Å². The predicted molar refractivity (Wildman–Crippen MR) is 120 cm³/mol. The van der Waals surface area contributed by atoms with Crippen molar-refractivity contribution in [3.8, 4) is 5.75 Å². The summed E-state index contributed by atoms with van der Waals surface area (Å²) in [6.07, 6.45) is -0.921. The average molecular weight is 467 g/mol. The van der Waals surface area contributed by atoms with Gasteiger partial charge in [-0.15, -0.1) is 0 Å². The first-order chi connectivity index (χ1) is 15.3. The van der Waals surface area contributed by atoms with Gasteiger partial charge in [-0.05, 0) is 43.9 Å². The maximum Gasteiger partial charge on any atom is 0.326 e. The van der Waals surface area contributed by atoms with Gasteiger partial charge < -0.3 is 37.0 Å². The summed E-state index contributed by atoms with van der Waals surface area (Å²) in [5.41, 5.74) is 6.39. The SMILES string of the molecule is CC(C)C[C@H](N)C(=O)N[C@H](C(=O)N[C@@H](C)C(=O)N[C@@H](Cc1ccc(O)cc1)C(=O)O)[C@@H](C)O. The normalized spacial score (nSPS) is 15.6. The van der Waals surface area contributed by atoms with Gasteiger partial charge in [0.2, 0.25) is 17.7 Å². The maximum atomic E-state index is 12.6. The van der Waals surface area contributed by atoms with Crippen LogP contribution >= 0.6 is 0 Å². The van der Waals surface area contributed by atoms with Gasteiger partial charge in [-0.1, -0.05) is 26.0 Å². The molecule has 0 spiro atoms. The summed E-state index contributed by atoms with van der Waals surface area (Å²) in [4.78, 5) is 48.9. The van der Waals surface area contributed by atoms with Crippen LogP contribution in [-0.4, -0.2) is 69.3 Å². The van der Waals surface area contributed by atoms with E-state index in [0.29, 0.717) is 12.0 Å². The van der Waals surface area contributed by atoms with Crippen molar-refractivity contribution in [3.05, 3.63) is 29.8 Å². The first-order valence-electron chi connectivity index (χ1n) is 10.7. The Kier molecular flexibility index (Phi) is 10.8. The standard InChI is InChI=1S/C22H34N4O7/c1-11(2)9-16(23)20(30)26-18(13(4)27)21(31)24-12(3)19(29)25-17(22(32)33)10-14-5-7-15(28)8-6-14/h5-8,11-13,16-18,27-28H,9-10,23H2,1-4H3,(H,24,31)(H,25,29)(H,26,30)(H,32,33)/t12-,13+,16-,17-,18-/m0/s1. The Hall–Kier alpha value is -3.18. The quantitative estimate of drug-likeness (QED) is 0.209. The molecule has 11 heteroatoms. The third-order valence-electron chi connectivity index (χ3n) is 4.87. The number of nitrogens with two attached hydrogens (primary N) is 1. The van der Waals surface area contributed by atoms with Crippen molar-refractivity contribution in [2.45, 2.75) is 70.8 Å². The van der Waals surface area contributed by atoms with Crippen molar-refractivity contribution in [3.63, 3.8) is 0 Å². The number of carbonyl (C=O) groups is 4. The lowest BCUT2D eigenvalue weighted by atomic mass is 10.0. The van der Waals surface area contributed by atoms with Gasteiger partial charge in [0.25, 0.3) is 0 Å². The molecule has 33 heavy (non-hydrogen) atoms. The molecule has 1 aromatic rings. The fourth-order valence-electron chi connectivity index (χ4n) is 3.01. The van der Waals surface area contributed by atoms with E-state index in [1.165, 1.54) is 38.1 Å². The number of phenolic OH excluding ortho intramolecular Hbond substituents is 1. The van der Waals surface area contributed by atoms with Crippen LogP contribution in [0.25, 0.3) is 0 Å². The summed E-state index contributed by atoms with van der Waals surface area (Å²) in [6, 6.07) is 1.22. The third kappa shape index (κ3) is 9.46. The Morgan fingerprint density at radius 2 is 1.48 bits per heavy atom. The first-order valence-corrected chi connectivity index (χ1v) is 10.7. The zero-order valence-electron chi connectivity index (χ0n) is 19.2. The molecule has 1 aromatic carbocycles. The zero-order valence-corrected chi connectivity index (χ0v) is 19.2. The molecule has 0 saturated carbocycles. The number of aliphatic carboxylic acids is 1. The molecule has 1 rings (SSSR count). The monoisotopic (exact) mass is 466 g/mol. The number of rotatable bonds is 12. The Balaban J connectivity index is 2.76. The molecule has 3 amide bonds. The lowest BCUT2D eigenvalue weighted by Crippen LogP contribution is -2.59. The lowest BCUT2D eigenvalue weighted by molar-refractivity contribution is -0.142. The van der Waals surface area contributed by atoms with Crippen LogP contribution < -0.4 is 21.7 Å². The number of nitrogens with one attached hydrogen (secondary N) is 3. The number of hydrogen-bond donors (Lipinski definition) is 7. The maximum absolute atomic E-state index is 12.6. The molecule has 0 fully saturated rings. The van der Waals surface area contributed by atoms with E-state index in [9.17, 15) is 34.5 Å². The molecule has 184 valence electrons. The van der Waals surface area contributed by atoms with Crippen LogP contribution in [0.5, 0.6) is 5.75 Å². The highest BCUT2D eigenvalue weighted by atomic mass is 16.4. The largest absolute Gasteiger partial charge is 0.508 e. The van der Waals surface area contributed by atoms with Crippen molar-refractivity contribution in [1.29, 1.82) is 0 Å². The number of aliphatic hydroxyl groups is 1. The van der Waals surface area contributed by atoms with Crippen LogP contribution in [0.2, 0.25) is 0 Å². The summed E-state index contributed by atoms with van der Waals surface area (Å²) in [7, 11) is 0. The highest BCUT2D eigenvalue weighted by molar-refractivity contribution is 5.94. The summed E-state index contributed by atoms with van der Waals surface area (Å²) in [5, 5.41) is 35.8. The van der Waals surface area contributed by atoms with E-state index < -0.39 is 54.0 Å². The van der Waals surface area contributed by atoms with Crippen molar-refractivity contribution < 1.29 is 34.5 Å². The lowest BCUT2D eigenvalue weighted by Gasteiger charge is -2.25. The van der Waals surface area contributed by atoms with E-state index in [1.807, 2.05) is 13.8 Å². The number of carboxylic acids is 1. The van der Waals surface area contributed by atoms with Crippen LogP contribution in [0, 0.1) is 5.92 Å². The topological polar surface area (TPSA) is 191 Å². The van der Waals surface area contributed by atoms with Crippen LogP contribution in [-0.2, 0) is 25.6 Å². The van der Waals surface area contributed by atoms with Gasteiger partial charge in [0.1, 0.15) is 23.9 Å². The minimum atomic E-state index is -1.35. The Morgan fingerprint density at radius 3 is 1.97 bits per heavy atom. The molecule has 0 aliphatic carbocycles. The number of aromatic hydroxyl groups is 1. The van der Waals surface area contributed by atoms with E-state index >= 15 is 0 Å². The molecule has 0 aliphatic heterocycles. The molecular weight excluding hydrogens is 432 g/mol. The van der Waals surface area contributed by atoms with Gasteiger partial charge in [0, 0.05) is 6.42 Å². The molecule has 0 aromatic heterocycles. The Labute approximate surface area is 192 Å². The number of benzene rings is 1. The molecule has 5 atom stereocenters. The zero-order chi connectivity index (χ0) is 25.3. The molecule has 0 radical (unpaired) electrons. The fraction of sp³-hybridized carbons (Fsp3) is 0.545. The molecule has 0 heterocycles. The minimum absolute atomic E-state index is 0.0240. The number of carboxylic acid groups (broad SMARTS) is 1. The second-order valence-electron chi connectivity index (χ2n) is 8.46. The number of hydrogen-bond acceptors (Lipinski definition) is 7. The van der Waals surface area contributed by atoms with Crippen LogP contribution in [0.3, 0.4) is 0 Å². The number of phenols is 1. The number of aliphatic hydroxyl groups excluding tert-OH is 1. The molecule has 11 nitrogen and oxygen atoms in total. The van der Waals surface area contributed by atoms with E-state index in [-0.39, 0.29) is 18.1 Å². The van der Waals surface area contributed by atoms with Gasteiger partial charge >= 0.3 is 5.97 Å². The number of amides is 3. The molecule has 8 N–H and O–H groups in total. The molecule has 0 unspecified atom stereocenters. The minimum Gasteiger partial charge on any atom is -0.508 e. The van der Waals surface area contributed by atoms with Crippen LogP contribution in [0.4, 0.5) is 0 Å². The van der Waals surface area contributed by atoms with Crippen molar-refractivity contribution in [1.82, 2.24) is 16.0 Å². The van der Waals surface area contributed by atoms with Crippen molar-refractivity contribution in [2.75, 3.05) is 0 Å². The molecular formula is C22H34N4O7. The van der Waals surface area contributed by atoms with Gasteiger partial charge in [-0.25, -0.2) is 4.79 Å². The molecule has 0 saturated heterocycles. The van der Waals surface area contributed by atoms with E-state index in [1.54, 1.807) is 0 Å². The number of carbonyl (C=O) groups excluding carboxylic acids is 3. The van der Waals surface area contributed by atoms with Gasteiger partial charge in [-0.3, -0.25) is 14.4 Å². The first kappa shape index (κ1) is 27.9. The second-order valence-corrected chi connectivity index (χ2v) is 8.46. The van der Waals surface area contributed by atoms with Crippen molar-refractivity contribution >= 4 is 23.7 Å². The highest BCUT2D eigenvalue weighted by Gasteiger charge is 2.31. The Bertz CT molecular complexity index is 827. The fourth-order valence-corrected chi connectivity index (χ4v) is 3.01. The van der Waals surface area contributed by atoms with E-state index in [4.69, 9.17) is 5.73 Å². The summed E-state index contributed by atoms with van der Waals surface area (Å²) in [5.74, 6) is -3.29. The predicted octanol–water partition coefficient (Wildman–Crippen LogP) is -0.752. The van der Waals surface area contributed by atoms with Crippen LogP contribution in [0.1, 0.15) is 39.7 Å². The molecule has 0 aliphatic rings. The van der Waals surface area contributed by atoms with Crippen molar-refractivity contribution in [2.24, 2.45) is 11.7 Å². The molecule has 0 bridgehead atoms. The third-order valence-corrected chi connectivity index (χ3v) is 4.87. The summed E-state index contributed by atoms with van der Waals surface area (Å²) in [6.45, 7) is 6.43. The average Bonchev–Trinajstić information content (AvgIpc) is 2.71. The highest BCUT2D eigenvalue weighted by Crippen LogP contribution is 2.11. The van der Waals surface area contributed by atoms with Gasteiger partial charge in [-0.2, -0.15) is 0 Å². The second kappa shape index (κ2) is 12.8. The smallest absolute Gasteiger partial charge is 0.326 e. The van der Waals surface area contributed by atoms with Gasteiger partial charge in [0.05, 0.1) is 12.1 Å². The Morgan fingerprint density at radius 1 is 0.909 bits per heavy atom. The van der Waals surface area contributed by atoms with E-state index in [2.05, 4.69) is 16.0 Å². The summed E-state index contributed by atoms with van der Waals surface area (Å²) >= 11 is 0. The van der Waals surface area contributed by atoms with E-state index in [0.717, 1.165) is 0 Å². The van der Waals surface area contributed by atoms with Gasteiger partial charge in [0.15, 0.2) is 0 Å². The summed E-state index contributed by atoms with van der Waals surface area (Å²) < 4.78 is 0.